The van der Waals surface area contributed by atoms with Gasteiger partial charge in [-0.05, 0) is 36.6 Å². The molecule has 0 spiro atoms. The molecule has 2 fully saturated rings. The van der Waals surface area contributed by atoms with Crippen LogP contribution in [0.3, 0.4) is 0 Å². The van der Waals surface area contributed by atoms with E-state index in [4.69, 9.17) is 17.3 Å². The minimum atomic E-state index is -0.345. The van der Waals surface area contributed by atoms with Crippen molar-refractivity contribution in [3.8, 4) is 0 Å². The van der Waals surface area contributed by atoms with Crippen molar-refractivity contribution < 1.29 is 9.59 Å². The number of carbonyl (C=O) groups is 2. The molecule has 1 aromatic carbocycles. The third kappa shape index (κ3) is 3.08. The van der Waals surface area contributed by atoms with Crippen molar-refractivity contribution in [2.24, 2.45) is 17.6 Å². The number of benzene rings is 1. The van der Waals surface area contributed by atoms with Crippen molar-refractivity contribution in [1.82, 2.24) is 9.80 Å². The number of hydrogen-bond donors (Lipinski definition) is 1. The first kappa shape index (κ1) is 16.3. The molecule has 0 aromatic heterocycles. The maximum absolute atomic E-state index is 12.9. The van der Waals surface area contributed by atoms with Crippen LogP contribution < -0.4 is 5.73 Å². The molecule has 3 atom stereocenters. The molecule has 2 aliphatic rings. The van der Waals surface area contributed by atoms with Gasteiger partial charge in [-0.25, -0.2) is 0 Å². The van der Waals surface area contributed by atoms with Gasteiger partial charge in [0, 0.05) is 31.6 Å². The quantitative estimate of drug-likeness (QED) is 0.913. The molecule has 0 bridgehead atoms. The highest BCUT2D eigenvalue weighted by Crippen LogP contribution is 2.39. The van der Waals surface area contributed by atoms with Crippen LogP contribution in [0, 0.1) is 11.8 Å². The Labute approximate surface area is 141 Å². The topological polar surface area (TPSA) is 66.6 Å². The standard InChI is InChI=1S/C17H22ClN3O2/c1-20-15(22)8-14(16(20)12-3-2-4-13(18)7-12)17(23)21-6-5-11(9-19)10-21/h2-4,7,11,14,16H,5-6,8-10,19H2,1H3/t11-,14-,16-/m0/s1. The van der Waals surface area contributed by atoms with Crippen LogP contribution in [-0.2, 0) is 9.59 Å². The third-order valence-electron chi connectivity index (χ3n) is 5.02. The fourth-order valence-corrected chi connectivity index (χ4v) is 3.90. The predicted molar refractivity (Wildman–Crippen MR) is 88.8 cm³/mol. The van der Waals surface area contributed by atoms with Crippen LogP contribution in [0.1, 0.15) is 24.4 Å². The summed E-state index contributed by atoms with van der Waals surface area (Å²) in [4.78, 5) is 28.7. The summed E-state index contributed by atoms with van der Waals surface area (Å²) in [7, 11) is 1.76. The van der Waals surface area contributed by atoms with Crippen molar-refractivity contribution >= 4 is 23.4 Å². The Hall–Kier alpha value is -1.59. The number of nitrogens with zero attached hydrogens (tertiary/aromatic N) is 2. The molecule has 23 heavy (non-hydrogen) atoms. The van der Waals surface area contributed by atoms with E-state index in [1.165, 1.54) is 0 Å². The summed E-state index contributed by atoms with van der Waals surface area (Å²) in [5, 5.41) is 0.616. The fourth-order valence-electron chi connectivity index (χ4n) is 3.70. The van der Waals surface area contributed by atoms with Crippen LogP contribution >= 0.6 is 11.6 Å². The molecule has 3 rings (SSSR count). The minimum absolute atomic E-state index is 0.00268. The van der Waals surface area contributed by atoms with Gasteiger partial charge in [-0.2, -0.15) is 0 Å². The molecule has 5 nitrogen and oxygen atoms in total. The highest BCUT2D eigenvalue weighted by molar-refractivity contribution is 6.30. The van der Waals surface area contributed by atoms with Crippen LogP contribution in [0.4, 0.5) is 0 Å². The van der Waals surface area contributed by atoms with Gasteiger partial charge < -0.3 is 15.5 Å². The van der Waals surface area contributed by atoms with Crippen molar-refractivity contribution in [1.29, 1.82) is 0 Å². The lowest BCUT2D eigenvalue weighted by molar-refractivity contribution is -0.135. The summed E-state index contributed by atoms with van der Waals surface area (Å²) in [6, 6.07) is 7.18. The van der Waals surface area contributed by atoms with Gasteiger partial charge in [0.2, 0.25) is 11.8 Å². The van der Waals surface area contributed by atoms with Gasteiger partial charge in [0.1, 0.15) is 0 Å². The Morgan fingerprint density at radius 1 is 1.43 bits per heavy atom. The molecule has 124 valence electrons. The molecule has 2 aliphatic heterocycles. The van der Waals surface area contributed by atoms with Gasteiger partial charge >= 0.3 is 0 Å². The van der Waals surface area contributed by atoms with Crippen molar-refractivity contribution in [2.45, 2.75) is 18.9 Å². The van der Waals surface area contributed by atoms with E-state index in [0.717, 1.165) is 18.5 Å². The van der Waals surface area contributed by atoms with Crippen LogP contribution in [0.15, 0.2) is 24.3 Å². The maximum Gasteiger partial charge on any atom is 0.228 e. The normalized spacial score (nSPS) is 27.8. The fraction of sp³-hybridized carbons (Fsp3) is 0.529. The van der Waals surface area contributed by atoms with Gasteiger partial charge in [0.15, 0.2) is 0 Å². The summed E-state index contributed by atoms with van der Waals surface area (Å²) in [5.74, 6) is 0.0902. The second kappa shape index (κ2) is 6.49. The zero-order valence-corrected chi connectivity index (χ0v) is 14.0. The molecule has 6 heteroatoms. The van der Waals surface area contributed by atoms with Crippen LogP contribution in [0.25, 0.3) is 0 Å². The first-order valence-corrected chi connectivity index (χ1v) is 8.39. The first-order valence-electron chi connectivity index (χ1n) is 8.01. The second-order valence-electron chi connectivity index (χ2n) is 6.49. The van der Waals surface area contributed by atoms with E-state index in [1.54, 1.807) is 18.0 Å². The molecule has 0 unspecified atom stereocenters. The minimum Gasteiger partial charge on any atom is -0.342 e. The smallest absolute Gasteiger partial charge is 0.228 e. The van der Waals surface area contributed by atoms with Gasteiger partial charge in [-0.3, -0.25) is 9.59 Å². The lowest BCUT2D eigenvalue weighted by Gasteiger charge is -2.28. The molecule has 2 amide bonds. The molecular weight excluding hydrogens is 314 g/mol. The van der Waals surface area contributed by atoms with Gasteiger partial charge in [0.25, 0.3) is 0 Å². The number of halogens is 1. The summed E-state index contributed by atoms with van der Waals surface area (Å²) in [6.45, 7) is 2.04. The average molecular weight is 336 g/mol. The van der Waals surface area contributed by atoms with Crippen LogP contribution in [0.2, 0.25) is 5.02 Å². The Kier molecular flexibility index (Phi) is 4.60. The van der Waals surface area contributed by atoms with E-state index in [1.807, 2.05) is 23.1 Å². The monoisotopic (exact) mass is 335 g/mol. The molecule has 1 aromatic rings. The first-order chi connectivity index (χ1) is 11.0. The molecule has 2 N–H and O–H groups in total. The molecule has 0 aliphatic carbocycles. The van der Waals surface area contributed by atoms with E-state index in [9.17, 15) is 9.59 Å². The summed E-state index contributed by atoms with van der Waals surface area (Å²) in [6.07, 6.45) is 1.21. The average Bonchev–Trinajstić information content (AvgIpc) is 3.12. The predicted octanol–water partition coefficient (Wildman–Crippen LogP) is 1.67. The molecule has 2 saturated heterocycles. The summed E-state index contributed by atoms with van der Waals surface area (Å²) in [5.41, 5.74) is 6.63. The number of nitrogens with two attached hydrogens (primary N) is 1. The number of amides is 2. The Balaban J connectivity index is 1.85. The van der Waals surface area contributed by atoms with E-state index >= 15 is 0 Å². The summed E-state index contributed by atoms with van der Waals surface area (Å²) < 4.78 is 0. The van der Waals surface area contributed by atoms with Gasteiger partial charge in [-0.15, -0.1) is 0 Å². The number of hydrogen-bond acceptors (Lipinski definition) is 3. The summed E-state index contributed by atoms with van der Waals surface area (Å²) >= 11 is 6.09. The second-order valence-corrected chi connectivity index (χ2v) is 6.93. The number of rotatable bonds is 3. The zero-order chi connectivity index (χ0) is 16.6. The Morgan fingerprint density at radius 2 is 2.22 bits per heavy atom. The van der Waals surface area contributed by atoms with Gasteiger partial charge in [0.05, 0.1) is 12.0 Å². The van der Waals surface area contributed by atoms with E-state index in [0.29, 0.717) is 24.0 Å². The van der Waals surface area contributed by atoms with Gasteiger partial charge in [-0.1, -0.05) is 23.7 Å². The van der Waals surface area contributed by atoms with Crippen LogP contribution in [-0.4, -0.2) is 48.3 Å². The molecule has 2 heterocycles. The molecular formula is C17H22ClN3O2. The van der Waals surface area contributed by atoms with E-state index < -0.39 is 0 Å². The maximum atomic E-state index is 12.9. The van der Waals surface area contributed by atoms with Crippen molar-refractivity contribution in [2.75, 3.05) is 26.7 Å². The van der Waals surface area contributed by atoms with Crippen molar-refractivity contribution in [3.63, 3.8) is 0 Å². The third-order valence-corrected chi connectivity index (χ3v) is 5.26. The van der Waals surface area contributed by atoms with E-state index in [2.05, 4.69) is 0 Å². The van der Waals surface area contributed by atoms with Crippen molar-refractivity contribution in [3.05, 3.63) is 34.9 Å². The lowest BCUT2D eigenvalue weighted by Crippen LogP contribution is -2.37. The number of likely N-dealkylation sites (tertiary alicyclic amines) is 2. The molecule has 0 saturated carbocycles. The van der Waals surface area contributed by atoms with Crippen LogP contribution in [0.5, 0.6) is 0 Å². The van der Waals surface area contributed by atoms with E-state index in [-0.39, 0.29) is 30.2 Å². The Morgan fingerprint density at radius 3 is 2.87 bits per heavy atom. The SMILES string of the molecule is CN1C(=O)C[C@H](C(=O)N2CC[C@@H](CN)C2)[C@@H]1c1cccc(Cl)c1. The highest BCUT2D eigenvalue weighted by Gasteiger charge is 2.45. The largest absolute Gasteiger partial charge is 0.342 e. The number of carbonyl (C=O) groups excluding carboxylic acids is 2. The molecule has 0 radical (unpaired) electrons. The highest BCUT2D eigenvalue weighted by atomic mass is 35.5. The lowest BCUT2D eigenvalue weighted by atomic mass is 9.92. The zero-order valence-electron chi connectivity index (χ0n) is 13.2. The Bertz CT molecular complexity index is 622.